The number of benzene rings is 2. The van der Waals surface area contributed by atoms with Crippen LogP contribution in [-0.2, 0) is 15.3 Å². The van der Waals surface area contributed by atoms with Gasteiger partial charge in [0.1, 0.15) is 5.76 Å². The number of amides is 1. The third-order valence-electron chi connectivity index (χ3n) is 5.65. The van der Waals surface area contributed by atoms with Crippen LogP contribution in [0.15, 0.2) is 83.0 Å². The second kappa shape index (κ2) is 10.2. The first kappa shape index (κ1) is 24.2. The lowest BCUT2D eigenvalue weighted by molar-refractivity contribution is -0.132. The standard InChI is InChI=1S/C26H19ClN4O3S2/c1-15-4-6-16(7-5-15)14-35-26-30-29-25(36-26)31-21(18-3-2-12-28-13-18)20(23(33)24(31)34)22(32)17-8-10-19(27)11-9-17/h2-13,21,32H,14H2,1H3/t21-/m1/s1. The molecule has 3 heterocycles. The number of aliphatic hydroxyl groups excluding tert-OH is 1. The van der Waals surface area contributed by atoms with E-state index < -0.39 is 17.7 Å². The number of aromatic nitrogens is 3. The molecule has 10 heteroatoms. The van der Waals surface area contributed by atoms with Crippen LogP contribution in [-0.4, -0.2) is 32.0 Å². The van der Waals surface area contributed by atoms with E-state index in [0.29, 0.717) is 26.2 Å². The molecule has 0 saturated carbocycles. The summed E-state index contributed by atoms with van der Waals surface area (Å²) in [6.45, 7) is 2.04. The van der Waals surface area contributed by atoms with Gasteiger partial charge in [-0.1, -0.05) is 70.6 Å². The van der Waals surface area contributed by atoms with Crippen molar-refractivity contribution in [3.63, 3.8) is 0 Å². The molecule has 4 aromatic rings. The fraction of sp³-hybridized carbons (Fsp3) is 0.115. The zero-order valence-corrected chi connectivity index (χ0v) is 21.3. The van der Waals surface area contributed by atoms with Gasteiger partial charge in [-0.05, 0) is 48.4 Å². The second-order valence-electron chi connectivity index (χ2n) is 8.09. The van der Waals surface area contributed by atoms with E-state index in [2.05, 4.69) is 39.4 Å². The number of hydrogen-bond donors (Lipinski definition) is 1. The van der Waals surface area contributed by atoms with E-state index in [9.17, 15) is 14.7 Å². The van der Waals surface area contributed by atoms with Gasteiger partial charge < -0.3 is 5.11 Å². The molecular weight excluding hydrogens is 516 g/mol. The highest BCUT2D eigenvalue weighted by Crippen LogP contribution is 2.43. The molecule has 1 aliphatic rings. The Kier molecular flexibility index (Phi) is 6.86. The van der Waals surface area contributed by atoms with Crippen molar-refractivity contribution in [2.75, 3.05) is 4.90 Å². The van der Waals surface area contributed by atoms with Gasteiger partial charge in [-0.25, -0.2) is 0 Å². The molecule has 0 bridgehead atoms. The number of aryl methyl sites for hydroxylation is 1. The Morgan fingerprint density at radius 1 is 1.08 bits per heavy atom. The Hall–Kier alpha value is -3.53. The van der Waals surface area contributed by atoms with Crippen LogP contribution < -0.4 is 4.90 Å². The smallest absolute Gasteiger partial charge is 0.301 e. The molecule has 1 saturated heterocycles. The van der Waals surface area contributed by atoms with Gasteiger partial charge in [0, 0.05) is 28.7 Å². The number of anilines is 1. The fourth-order valence-corrected chi connectivity index (χ4v) is 5.78. The minimum absolute atomic E-state index is 0.0422. The maximum atomic E-state index is 13.2. The summed E-state index contributed by atoms with van der Waals surface area (Å²) in [7, 11) is 0. The molecule has 1 atom stereocenters. The summed E-state index contributed by atoms with van der Waals surface area (Å²) < 4.78 is 0.662. The predicted octanol–water partition coefficient (Wildman–Crippen LogP) is 5.81. The number of carbonyl (C=O) groups is 2. The van der Waals surface area contributed by atoms with Gasteiger partial charge >= 0.3 is 5.91 Å². The molecule has 180 valence electrons. The van der Waals surface area contributed by atoms with E-state index in [1.165, 1.54) is 33.6 Å². The van der Waals surface area contributed by atoms with E-state index in [1.807, 2.05) is 6.92 Å². The lowest BCUT2D eigenvalue weighted by atomic mass is 9.96. The van der Waals surface area contributed by atoms with Gasteiger partial charge in [0.15, 0.2) is 4.34 Å². The minimum Gasteiger partial charge on any atom is -0.507 e. The van der Waals surface area contributed by atoms with Gasteiger partial charge in [-0.2, -0.15) is 0 Å². The maximum Gasteiger partial charge on any atom is 0.301 e. The minimum atomic E-state index is -0.905. The topological polar surface area (TPSA) is 96.3 Å². The number of ketones is 1. The van der Waals surface area contributed by atoms with Crippen molar-refractivity contribution >= 4 is 57.3 Å². The Bertz CT molecular complexity index is 1450. The predicted molar refractivity (Wildman–Crippen MR) is 141 cm³/mol. The van der Waals surface area contributed by atoms with Gasteiger partial charge in [0.2, 0.25) is 5.13 Å². The first-order valence-corrected chi connectivity index (χ1v) is 13.1. The summed E-state index contributed by atoms with van der Waals surface area (Å²) in [5.41, 5.74) is 3.22. The molecule has 1 fully saturated rings. The fourth-order valence-electron chi connectivity index (χ4n) is 3.83. The van der Waals surface area contributed by atoms with E-state index in [4.69, 9.17) is 11.6 Å². The molecular formula is C26H19ClN4O3S2. The zero-order valence-electron chi connectivity index (χ0n) is 19.0. The van der Waals surface area contributed by atoms with Gasteiger partial charge in [0.05, 0.1) is 11.6 Å². The average Bonchev–Trinajstić information content (AvgIpc) is 3.46. The number of hydrogen-bond acceptors (Lipinski definition) is 8. The Morgan fingerprint density at radius 2 is 1.83 bits per heavy atom. The molecule has 7 nitrogen and oxygen atoms in total. The highest BCUT2D eigenvalue weighted by Gasteiger charge is 2.48. The zero-order chi connectivity index (χ0) is 25.2. The van der Waals surface area contributed by atoms with Crippen molar-refractivity contribution in [3.8, 4) is 0 Å². The largest absolute Gasteiger partial charge is 0.507 e. The third-order valence-corrected chi connectivity index (χ3v) is 8.03. The maximum absolute atomic E-state index is 13.2. The SMILES string of the molecule is Cc1ccc(CSc2nnc(N3C(=O)C(=O)C(=C(O)c4ccc(Cl)cc4)[C@H]3c3cccnc3)s2)cc1. The Balaban J connectivity index is 1.51. The molecule has 5 rings (SSSR count). The highest BCUT2D eigenvalue weighted by molar-refractivity contribution is 8.00. The molecule has 2 aromatic heterocycles. The third kappa shape index (κ3) is 4.77. The average molecular weight is 535 g/mol. The van der Waals surface area contributed by atoms with Crippen molar-refractivity contribution in [2.24, 2.45) is 0 Å². The summed E-state index contributed by atoms with van der Waals surface area (Å²) in [6.07, 6.45) is 3.16. The second-order valence-corrected chi connectivity index (χ2v) is 10.7. The molecule has 1 amide bonds. The van der Waals surface area contributed by atoms with Crippen LogP contribution in [0.2, 0.25) is 5.02 Å². The number of halogens is 1. The lowest BCUT2D eigenvalue weighted by Gasteiger charge is -2.22. The van der Waals surface area contributed by atoms with Crippen molar-refractivity contribution in [3.05, 3.63) is 106 Å². The molecule has 1 N–H and O–H groups in total. The number of nitrogens with zero attached hydrogens (tertiary/aromatic N) is 4. The van der Waals surface area contributed by atoms with Crippen LogP contribution in [0, 0.1) is 6.92 Å². The molecule has 0 aliphatic carbocycles. The molecule has 1 aliphatic heterocycles. The molecule has 0 spiro atoms. The summed E-state index contributed by atoms with van der Waals surface area (Å²) in [5.74, 6) is -1.19. The summed E-state index contributed by atoms with van der Waals surface area (Å²) in [5, 5.41) is 20.3. The number of pyridine rings is 1. The van der Waals surface area contributed by atoms with Gasteiger partial charge in [-0.15, -0.1) is 10.2 Å². The van der Waals surface area contributed by atoms with Crippen LogP contribution in [0.1, 0.15) is 28.3 Å². The number of carbonyl (C=O) groups excluding carboxylic acids is 2. The summed E-state index contributed by atoms with van der Waals surface area (Å²) in [6, 6.07) is 17.2. The van der Waals surface area contributed by atoms with Crippen molar-refractivity contribution in [1.82, 2.24) is 15.2 Å². The quantitative estimate of drug-likeness (QED) is 0.109. The van der Waals surface area contributed by atoms with Gasteiger partial charge in [0.25, 0.3) is 5.78 Å². The Morgan fingerprint density at radius 3 is 2.53 bits per heavy atom. The monoisotopic (exact) mass is 534 g/mol. The first-order chi connectivity index (χ1) is 17.4. The molecule has 0 radical (unpaired) electrons. The van der Waals surface area contributed by atoms with E-state index >= 15 is 0 Å². The first-order valence-electron chi connectivity index (χ1n) is 10.9. The number of Topliss-reactive ketones (excluding diaryl/α,β-unsaturated/α-hetero) is 1. The Labute approximate surface area is 220 Å². The summed E-state index contributed by atoms with van der Waals surface area (Å²) in [4.78, 5) is 31.9. The normalized spacial score (nSPS) is 17.1. The van der Waals surface area contributed by atoms with Crippen LogP contribution in [0.25, 0.3) is 5.76 Å². The van der Waals surface area contributed by atoms with E-state index in [1.54, 1.807) is 48.8 Å². The molecule has 36 heavy (non-hydrogen) atoms. The number of thioether (sulfide) groups is 1. The van der Waals surface area contributed by atoms with Crippen LogP contribution in [0.4, 0.5) is 5.13 Å². The van der Waals surface area contributed by atoms with Crippen molar-refractivity contribution < 1.29 is 14.7 Å². The van der Waals surface area contributed by atoms with Crippen LogP contribution in [0.5, 0.6) is 0 Å². The van der Waals surface area contributed by atoms with E-state index in [0.717, 1.165) is 5.56 Å². The molecule has 0 unspecified atom stereocenters. The van der Waals surface area contributed by atoms with Gasteiger partial charge in [-0.3, -0.25) is 19.5 Å². The number of rotatable bonds is 6. The lowest BCUT2D eigenvalue weighted by Crippen LogP contribution is -2.29. The number of aliphatic hydroxyl groups is 1. The van der Waals surface area contributed by atoms with Crippen molar-refractivity contribution in [1.29, 1.82) is 0 Å². The van der Waals surface area contributed by atoms with Crippen LogP contribution in [0.3, 0.4) is 0 Å². The molecule has 2 aromatic carbocycles. The van der Waals surface area contributed by atoms with E-state index in [-0.39, 0.29) is 16.5 Å². The van der Waals surface area contributed by atoms with Crippen molar-refractivity contribution in [2.45, 2.75) is 23.1 Å². The highest BCUT2D eigenvalue weighted by atomic mass is 35.5. The summed E-state index contributed by atoms with van der Waals surface area (Å²) >= 11 is 8.70. The van der Waals surface area contributed by atoms with Crippen LogP contribution >= 0.6 is 34.7 Å².